The third-order valence-electron chi connectivity index (χ3n) is 15.3. The summed E-state index contributed by atoms with van der Waals surface area (Å²) in [4.78, 5) is 119. The second-order valence-electron chi connectivity index (χ2n) is 21.7. The van der Waals surface area contributed by atoms with Crippen molar-refractivity contribution in [3.63, 3.8) is 0 Å². The van der Waals surface area contributed by atoms with Crippen LogP contribution < -0.4 is 11.1 Å². The van der Waals surface area contributed by atoms with E-state index in [-0.39, 0.29) is 61.4 Å². The van der Waals surface area contributed by atoms with E-state index < -0.39 is 105 Å². The number of phenols is 2. The maximum absolute atomic E-state index is 15.4. The molecule has 5 atom stereocenters. The molecule has 5 aromatic carbocycles. The summed E-state index contributed by atoms with van der Waals surface area (Å²) in [6.45, 7) is 4.78. The van der Waals surface area contributed by atoms with Crippen molar-refractivity contribution in [3.8, 4) is 11.5 Å². The molecular weight excluding hydrogens is 1110 g/mol. The van der Waals surface area contributed by atoms with Gasteiger partial charge in [-0.25, -0.2) is 9.97 Å². The highest BCUT2D eigenvalue weighted by atomic mass is 16.5. The van der Waals surface area contributed by atoms with Gasteiger partial charge in [0.2, 0.25) is 41.4 Å². The van der Waals surface area contributed by atoms with Crippen LogP contribution in [0.15, 0.2) is 152 Å². The van der Waals surface area contributed by atoms with Crippen LogP contribution >= 0.6 is 0 Å². The number of nitrogens with zero attached hydrogens (tertiary/aromatic N) is 8. The van der Waals surface area contributed by atoms with Gasteiger partial charge in [-0.2, -0.15) is 0 Å². The van der Waals surface area contributed by atoms with Gasteiger partial charge in [0.05, 0.1) is 74.9 Å². The first-order valence-electron chi connectivity index (χ1n) is 28.8. The molecule has 5 N–H and O–H groups in total. The van der Waals surface area contributed by atoms with Gasteiger partial charge in [0.1, 0.15) is 55.3 Å². The first kappa shape index (κ1) is 65.2. The minimum atomic E-state index is -0.810. The molecule has 2 aromatic heterocycles. The maximum Gasteiger partial charge on any atom is 0.243 e. The number of phenolic OH excluding ortho intramolecular Hbond substituents is 2. The van der Waals surface area contributed by atoms with Gasteiger partial charge in [0, 0.05) is 31.0 Å². The number of carbonyl (C=O) groups is 7. The predicted molar refractivity (Wildman–Crippen MR) is 329 cm³/mol. The van der Waals surface area contributed by atoms with Crippen molar-refractivity contribution >= 4 is 63.2 Å². The zero-order chi connectivity index (χ0) is 62.7. The third kappa shape index (κ3) is 17.6. The summed E-state index contributed by atoms with van der Waals surface area (Å²) >= 11 is 0. The third-order valence-corrected chi connectivity index (χ3v) is 15.3. The minimum Gasteiger partial charge on any atom is -0.506 e. The number of nitrogens with one attached hydrogen (secondary N) is 1. The van der Waals surface area contributed by atoms with Crippen molar-refractivity contribution in [2.45, 2.75) is 77.9 Å². The van der Waals surface area contributed by atoms with E-state index in [1.807, 2.05) is 43.3 Å². The van der Waals surface area contributed by atoms with Gasteiger partial charge in [-0.15, -0.1) is 0 Å². The average molecular weight is 1190 g/mol. The number of para-hydroxylation sites is 2. The van der Waals surface area contributed by atoms with Gasteiger partial charge in [0.15, 0.2) is 0 Å². The fourth-order valence-corrected chi connectivity index (χ4v) is 10.3. The molecule has 87 heavy (non-hydrogen) atoms. The highest BCUT2D eigenvalue weighted by molar-refractivity contribution is 5.94. The molecule has 0 aliphatic carbocycles. The molecular formula is C66H78N10O11. The van der Waals surface area contributed by atoms with E-state index in [4.69, 9.17) is 20.2 Å². The quantitative estimate of drug-likeness (QED) is 0.0386. The van der Waals surface area contributed by atoms with Crippen molar-refractivity contribution in [2.24, 2.45) is 5.73 Å². The van der Waals surface area contributed by atoms with Crippen LogP contribution in [0.1, 0.15) is 80.8 Å². The number of fused-ring (bicyclic) bond motifs is 2. The van der Waals surface area contributed by atoms with Gasteiger partial charge < -0.3 is 60.1 Å². The Hall–Kier alpha value is -9.31. The Morgan fingerprint density at radius 1 is 0.448 bits per heavy atom. The minimum absolute atomic E-state index is 0.0549. The Bertz CT molecular complexity index is 3490. The molecule has 0 bridgehead atoms. The molecule has 458 valence electrons. The Morgan fingerprint density at radius 2 is 0.828 bits per heavy atom. The zero-order valence-corrected chi connectivity index (χ0v) is 50.3. The molecule has 0 saturated carbocycles. The summed E-state index contributed by atoms with van der Waals surface area (Å²) in [6, 6.07) is 41.1. The van der Waals surface area contributed by atoms with Crippen molar-refractivity contribution < 1.29 is 53.2 Å². The topological polar surface area (TPSA) is 262 Å². The number of amides is 7. The number of primary amides is 1. The Kier molecular flexibility index (Phi) is 23.4. The Balaban J connectivity index is 1.22. The molecule has 7 aromatic rings. The number of ether oxygens (including phenoxy) is 2. The van der Waals surface area contributed by atoms with E-state index in [0.29, 0.717) is 33.3 Å². The van der Waals surface area contributed by atoms with Crippen molar-refractivity contribution in [1.29, 1.82) is 0 Å². The summed E-state index contributed by atoms with van der Waals surface area (Å²) < 4.78 is 11.0. The maximum atomic E-state index is 15.4. The van der Waals surface area contributed by atoms with Crippen molar-refractivity contribution in [2.75, 3.05) is 73.2 Å². The van der Waals surface area contributed by atoms with E-state index in [9.17, 15) is 24.6 Å². The highest BCUT2D eigenvalue weighted by Gasteiger charge is 2.35. The molecule has 2 heterocycles. The van der Waals surface area contributed by atoms with Crippen LogP contribution in [0.5, 0.6) is 11.5 Å². The number of hydrogen-bond donors (Lipinski definition) is 4. The number of hydrogen-bond acceptors (Lipinski definition) is 14. The summed E-state index contributed by atoms with van der Waals surface area (Å²) in [7, 11) is 2.92. The Labute approximate surface area is 507 Å². The summed E-state index contributed by atoms with van der Waals surface area (Å²) in [5.74, 6) is -4.73. The van der Waals surface area contributed by atoms with E-state index in [1.54, 1.807) is 131 Å². The predicted octanol–water partition coefficient (Wildman–Crippen LogP) is 6.29. The smallest absolute Gasteiger partial charge is 0.243 e. The number of rotatable bonds is 30. The molecule has 0 fully saturated rings. The van der Waals surface area contributed by atoms with Crippen LogP contribution in [0.3, 0.4) is 0 Å². The number of nitrogens with two attached hydrogens (primary N) is 1. The molecule has 0 aliphatic heterocycles. The van der Waals surface area contributed by atoms with Crippen LogP contribution in [-0.4, -0.2) is 176 Å². The van der Waals surface area contributed by atoms with Crippen molar-refractivity contribution in [1.82, 2.24) is 44.7 Å². The number of carbonyl (C=O) groups excluding carboxylic acids is 7. The van der Waals surface area contributed by atoms with Gasteiger partial charge in [-0.3, -0.25) is 33.6 Å². The lowest BCUT2D eigenvalue weighted by atomic mass is 10.1. The second kappa shape index (κ2) is 31.2. The summed E-state index contributed by atoms with van der Waals surface area (Å²) in [6.07, 6.45) is 0. The SMILES string of the molecule is COC[C@H](C)N(CC(=O)N(CC(=O)N(CC(=O)N(CC(=O)N(CC(=O)N(CC(N)=O)[C@@H](C)c1ccccc1)Cc1ccc2cccc(O)c2n1)[C@@H](C)COC)[C@@H](C)c1ccccc1)Cc1ccc2cccc(O)c2n1)C(=O)CN[C@@H](C)c1ccccc1. The highest BCUT2D eigenvalue weighted by Crippen LogP contribution is 2.27. The van der Waals surface area contributed by atoms with Gasteiger partial charge in [-0.05, 0) is 75.6 Å². The molecule has 7 rings (SSSR count). The molecule has 0 radical (unpaired) electrons. The zero-order valence-electron chi connectivity index (χ0n) is 50.3. The van der Waals surface area contributed by atoms with E-state index >= 15 is 19.2 Å². The van der Waals surface area contributed by atoms with Gasteiger partial charge >= 0.3 is 0 Å². The lowest BCUT2D eigenvalue weighted by Crippen LogP contribution is -2.54. The molecule has 0 aliphatic rings. The van der Waals surface area contributed by atoms with Crippen LogP contribution in [-0.2, 0) is 56.1 Å². The second-order valence-corrected chi connectivity index (χ2v) is 21.7. The van der Waals surface area contributed by atoms with Crippen LogP contribution in [0, 0.1) is 0 Å². The number of aromatic hydroxyl groups is 2. The molecule has 7 amide bonds. The normalized spacial score (nSPS) is 13.0. The molecule has 0 unspecified atom stereocenters. The van der Waals surface area contributed by atoms with E-state index in [2.05, 4.69) is 10.3 Å². The number of benzene rings is 5. The van der Waals surface area contributed by atoms with E-state index in [0.717, 1.165) is 5.56 Å². The fourth-order valence-electron chi connectivity index (χ4n) is 10.3. The molecule has 21 nitrogen and oxygen atoms in total. The summed E-state index contributed by atoms with van der Waals surface area (Å²) in [5, 5.41) is 26.1. The van der Waals surface area contributed by atoms with Crippen LogP contribution in [0.25, 0.3) is 21.8 Å². The standard InChI is InChI=1S/C66H78N10O11/c1-44(42-86-6)73(59(80)33-68-46(3)49-19-11-8-12-20-49)39-60(81)72(35-55-32-30-53-26-18-28-57(78)66(53)70-55)38-63(84)76(48(5)51-23-15-10-16-24-51)41-64(85)74(45(2)43-87-7)40-61(82)71(34-54-31-29-52-25-17-27-56(77)65(52)69-54)37-62(83)75(36-58(67)79)47(4)50-21-13-9-14-22-50/h8-32,44-48,68,77-78H,33-43H2,1-7H3,(H2,67,79)/t44-,45-,46-,47-,48-/m0/s1. The van der Waals surface area contributed by atoms with E-state index in [1.165, 1.54) is 55.8 Å². The average Bonchev–Trinajstić information content (AvgIpc) is 2.22. The fraction of sp³-hybridized carbons (Fsp3) is 0.348. The van der Waals surface area contributed by atoms with Crippen molar-refractivity contribution in [3.05, 3.63) is 180 Å². The number of pyridine rings is 2. The molecule has 21 heteroatoms. The largest absolute Gasteiger partial charge is 0.506 e. The van der Waals surface area contributed by atoms with Crippen LogP contribution in [0.2, 0.25) is 0 Å². The molecule has 0 spiro atoms. The lowest BCUT2D eigenvalue weighted by Gasteiger charge is -2.36. The van der Waals surface area contributed by atoms with Gasteiger partial charge in [-0.1, -0.05) is 127 Å². The van der Waals surface area contributed by atoms with Gasteiger partial charge in [0.25, 0.3) is 0 Å². The van der Waals surface area contributed by atoms with Crippen LogP contribution in [0.4, 0.5) is 0 Å². The first-order chi connectivity index (χ1) is 41.8. The Morgan fingerprint density at radius 3 is 1.24 bits per heavy atom. The monoisotopic (exact) mass is 1190 g/mol. The molecule has 0 saturated heterocycles. The first-order valence-corrected chi connectivity index (χ1v) is 28.8. The lowest BCUT2D eigenvalue weighted by molar-refractivity contribution is -0.151. The number of aromatic nitrogens is 2. The number of methoxy groups -OCH3 is 2. The summed E-state index contributed by atoms with van der Waals surface area (Å²) in [5.41, 5.74) is 9.14.